The summed E-state index contributed by atoms with van der Waals surface area (Å²) in [7, 11) is 1.61. The lowest BCUT2D eigenvalue weighted by molar-refractivity contribution is -0.115. The maximum absolute atomic E-state index is 13.6. The fraction of sp³-hybridized carbons (Fsp3) is 0.250. The molecule has 0 saturated carbocycles. The van der Waals surface area contributed by atoms with Crippen molar-refractivity contribution in [3.8, 4) is 5.75 Å². The Kier molecular flexibility index (Phi) is 6.30. The normalized spacial score (nSPS) is 11.9. The molecule has 3 rings (SSSR count). The minimum Gasteiger partial charge on any atom is -0.497 e. The number of anilines is 1. The van der Waals surface area contributed by atoms with Gasteiger partial charge in [-0.1, -0.05) is 30.0 Å². The lowest BCUT2D eigenvalue weighted by Crippen LogP contribution is -2.22. The topological polar surface area (TPSA) is 77.2 Å². The molecule has 0 aliphatic carbocycles. The first kappa shape index (κ1) is 19.9. The molecule has 1 aromatic heterocycles. The Morgan fingerprint density at radius 1 is 1.25 bits per heavy atom. The standard InChI is InChI=1S/C20H20FN3O3S/c1-12-4-7-15(11-17(12)21)22-19(25)13(2)28-20-24-23-18(27-20)10-14-5-8-16(26-3)9-6-14/h4-9,11,13H,10H2,1-3H3,(H,22,25)/t13-/m1/s1. The molecule has 1 atom stereocenters. The first-order valence-electron chi connectivity index (χ1n) is 8.63. The van der Waals surface area contributed by atoms with E-state index in [0.717, 1.165) is 23.1 Å². The van der Waals surface area contributed by atoms with Crippen molar-refractivity contribution in [3.63, 3.8) is 0 Å². The monoisotopic (exact) mass is 401 g/mol. The van der Waals surface area contributed by atoms with Crippen molar-refractivity contribution in [1.29, 1.82) is 0 Å². The molecule has 1 N–H and O–H groups in total. The summed E-state index contributed by atoms with van der Waals surface area (Å²) in [4.78, 5) is 12.3. The van der Waals surface area contributed by atoms with Crippen molar-refractivity contribution in [2.75, 3.05) is 12.4 Å². The van der Waals surface area contributed by atoms with E-state index >= 15 is 0 Å². The predicted molar refractivity (Wildman–Crippen MR) is 105 cm³/mol. The van der Waals surface area contributed by atoms with E-state index in [1.165, 1.54) is 6.07 Å². The van der Waals surface area contributed by atoms with Crippen molar-refractivity contribution in [3.05, 3.63) is 65.3 Å². The second-order valence-corrected chi connectivity index (χ2v) is 7.49. The van der Waals surface area contributed by atoms with E-state index in [-0.39, 0.29) is 11.7 Å². The highest BCUT2D eigenvalue weighted by Crippen LogP contribution is 2.24. The van der Waals surface area contributed by atoms with Crippen molar-refractivity contribution in [2.45, 2.75) is 30.7 Å². The van der Waals surface area contributed by atoms with Crippen LogP contribution >= 0.6 is 11.8 Å². The summed E-state index contributed by atoms with van der Waals surface area (Å²) in [5.74, 6) is 0.598. The molecule has 0 radical (unpaired) electrons. The van der Waals surface area contributed by atoms with Gasteiger partial charge in [0.15, 0.2) is 0 Å². The number of hydrogen-bond donors (Lipinski definition) is 1. The number of methoxy groups -OCH3 is 1. The van der Waals surface area contributed by atoms with E-state index in [1.807, 2.05) is 24.3 Å². The van der Waals surface area contributed by atoms with Crippen molar-refractivity contribution < 1.29 is 18.3 Å². The zero-order valence-corrected chi connectivity index (χ0v) is 16.5. The third kappa shape index (κ3) is 5.10. The van der Waals surface area contributed by atoms with Crippen LogP contribution < -0.4 is 10.1 Å². The molecular weight excluding hydrogens is 381 g/mol. The van der Waals surface area contributed by atoms with E-state index in [9.17, 15) is 9.18 Å². The van der Waals surface area contributed by atoms with E-state index in [1.54, 1.807) is 33.1 Å². The van der Waals surface area contributed by atoms with Gasteiger partial charge in [-0.3, -0.25) is 4.79 Å². The number of aromatic nitrogens is 2. The van der Waals surface area contributed by atoms with Gasteiger partial charge in [-0.15, -0.1) is 10.2 Å². The number of halogens is 1. The number of nitrogens with zero attached hydrogens (tertiary/aromatic N) is 2. The summed E-state index contributed by atoms with van der Waals surface area (Å²) in [6.07, 6.45) is 0.487. The smallest absolute Gasteiger partial charge is 0.277 e. The van der Waals surface area contributed by atoms with Gasteiger partial charge in [-0.2, -0.15) is 0 Å². The SMILES string of the molecule is COc1ccc(Cc2nnc(S[C@H](C)C(=O)Nc3ccc(C)c(F)c3)o2)cc1. The fourth-order valence-electron chi connectivity index (χ4n) is 2.39. The molecule has 0 saturated heterocycles. The molecule has 0 fully saturated rings. The van der Waals surface area contributed by atoms with Gasteiger partial charge in [0.1, 0.15) is 11.6 Å². The Labute approximate surface area is 166 Å². The molecule has 28 heavy (non-hydrogen) atoms. The first-order chi connectivity index (χ1) is 13.4. The molecule has 1 amide bonds. The molecular formula is C20H20FN3O3S. The molecule has 146 valence electrons. The molecule has 0 unspecified atom stereocenters. The number of amides is 1. The average Bonchev–Trinajstić information content (AvgIpc) is 3.12. The van der Waals surface area contributed by atoms with Gasteiger partial charge in [0, 0.05) is 5.69 Å². The van der Waals surface area contributed by atoms with E-state index < -0.39 is 5.25 Å². The maximum atomic E-state index is 13.6. The molecule has 0 spiro atoms. The van der Waals surface area contributed by atoms with Crippen LogP contribution in [0.25, 0.3) is 0 Å². The van der Waals surface area contributed by atoms with Gasteiger partial charge in [-0.25, -0.2) is 4.39 Å². The molecule has 1 heterocycles. The molecule has 0 aliphatic rings. The van der Waals surface area contributed by atoms with Crippen LogP contribution in [0.2, 0.25) is 0 Å². The van der Waals surface area contributed by atoms with Crippen LogP contribution in [-0.4, -0.2) is 28.5 Å². The van der Waals surface area contributed by atoms with E-state index in [2.05, 4.69) is 15.5 Å². The summed E-state index contributed by atoms with van der Waals surface area (Å²) < 4.78 is 24.4. The number of hydrogen-bond acceptors (Lipinski definition) is 6. The van der Waals surface area contributed by atoms with Crippen molar-refractivity contribution in [2.24, 2.45) is 0 Å². The Hall–Kier alpha value is -2.87. The maximum Gasteiger partial charge on any atom is 0.277 e. The van der Waals surface area contributed by atoms with Crippen LogP contribution in [0.4, 0.5) is 10.1 Å². The number of nitrogens with one attached hydrogen (secondary N) is 1. The predicted octanol–water partition coefficient (Wildman–Crippen LogP) is 4.24. The number of benzene rings is 2. The van der Waals surface area contributed by atoms with Crippen molar-refractivity contribution >= 4 is 23.4 Å². The Morgan fingerprint density at radius 2 is 2.00 bits per heavy atom. The number of aryl methyl sites for hydroxylation is 1. The van der Waals surface area contributed by atoms with Crippen LogP contribution in [0.15, 0.2) is 52.1 Å². The Balaban J connectivity index is 1.57. The second-order valence-electron chi connectivity index (χ2n) is 6.20. The lowest BCUT2D eigenvalue weighted by atomic mass is 10.1. The summed E-state index contributed by atoms with van der Waals surface area (Å²) in [6.45, 7) is 3.39. The summed E-state index contributed by atoms with van der Waals surface area (Å²) >= 11 is 1.15. The molecule has 6 nitrogen and oxygen atoms in total. The molecule has 0 aliphatic heterocycles. The minimum absolute atomic E-state index is 0.275. The highest BCUT2D eigenvalue weighted by molar-refractivity contribution is 8.00. The molecule has 0 bridgehead atoms. The Bertz CT molecular complexity index is 960. The largest absolute Gasteiger partial charge is 0.497 e. The quantitative estimate of drug-likeness (QED) is 0.597. The van der Waals surface area contributed by atoms with Gasteiger partial charge >= 0.3 is 0 Å². The zero-order chi connectivity index (χ0) is 20.1. The summed E-state index contributed by atoms with van der Waals surface area (Å²) in [5.41, 5.74) is 1.94. The van der Waals surface area contributed by atoms with E-state index in [4.69, 9.17) is 9.15 Å². The molecule has 8 heteroatoms. The van der Waals surface area contributed by atoms with Gasteiger partial charge in [0.25, 0.3) is 5.22 Å². The van der Waals surface area contributed by atoms with Crippen LogP contribution in [0.3, 0.4) is 0 Å². The number of carbonyl (C=O) groups is 1. The van der Waals surface area contributed by atoms with Crippen molar-refractivity contribution in [1.82, 2.24) is 10.2 Å². The van der Waals surface area contributed by atoms with Crippen LogP contribution in [-0.2, 0) is 11.2 Å². The van der Waals surface area contributed by atoms with Gasteiger partial charge in [-0.05, 0) is 49.2 Å². The first-order valence-corrected chi connectivity index (χ1v) is 9.51. The summed E-state index contributed by atoms with van der Waals surface area (Å²) in [6, 6.07) is 12.1. The summed E-state index contributed by atoms with van der Waals surface area (Å²) in [5, 5.41) is 10.5. The number of ether oxygens (including phenoxy) is 1. The number of rotatable bonds is 7. The third-order valence-electron chi connectivity index (χ3n) is 4.05. The lowest BCUT2D eigenvalue weighted by Gasteiger charge is -2.10. The number of thioether (sulfide) groups is 1. The Morgan fingerprint density at radius 3 is 2.68 bits per heavy atom. The zero-order valence-electron chi connectivity index (χ0n) is 15.7. The highest BCUT2D eigenvalue weighted by atomic mass is 32.2. The average molecular weight is 401 g/mol. The minimum atomic E-state index is -0.487. The van der Waals surface area contributed by atoms with E-state index in [0.29, 0.717) is 28.8 Å². The molecule has 3 aromatic rings. The fourth-order valence-corrected chi connectivity index (χ4v) is 3.10. The van der Waals surface area contributed by atoms with Crippen LogP contribution in [0, 0.1) is 12.7 Å². The van der Waals surface area contributed by atoms with Crippen LogP contribution in [0.5, 0.6) is 5.75 Å². The number of carbonyl (C=O) groups excluding carboxylic acids is 1. The molecule has 2 aromatic carbocycles. The van der Waals surface area contributed by atoms with Crippen LogP contribution in [0.1, 0.15) is 23.9 Å². The second kappa shape index (κ2) is 8.88. The highest BCUT2D eigenvalue weighted by Gasteiger charge is 2.19. The van der Waals surface area contributed by atoms with Gasteiger partial charge < -0.3 is 14.5 Å². The van der Waals surface area contributed by atoms with Gasteiger partial charge in [0.05, 0.1) is 18.8 Å². The van der Waals surface area contributed by atoms with Gasteiger partial charge in [0.2, 0.25) is 11.8 Å². The third-order valence-corrected chi connectivity index (χ3v) is 4.98.